The first-order valence-corrected chi connectivity index (χ1v) is 7.35. The van der Waals surface area contributed by atoms with Crippen molar-refractivity contribution in [3.05, 3.63) is 5.69 Å². The molecule has 1 amide bonds. The third kappa shape index (κ3) is 1.36. The largest absolute Gasteiger partial charge is 0.342 e. The molecule has 1 aromatic rings. The second kappa shape index (κ2) is 3.74. The van der Waals surface area contributed by atoms with Gasteiger partial charge < -0.3 is 10.2 Å². The number of anilines is 2. The van der Waals surface area contributed by atoms with Crippen molar-refractivity contribution in [2.24, 2.45) is 11.8 Å². The fourth-order valence-electron chi connectivity index (χ4n) is 4.28. The van der Waals surface area contributed by atoms with Crippen LogP contribution >= 0.6 is 0 Å². The number of hydrogen-bond donors (Lipinski definition) is 1. The summed E-state index contributed by atoms with van der Waals surface area (Å²) in [6.45, 7) is 5.96. The third-order valence-corrected chi connectivity index (χ3v) is 5.08. The highest BCUT2D eigenvalue weighted by Crippen LogP contribution is 2.48. The Morgan fingerprint density at radius 1 is 1.42 bits per heavy atom. The van der Waals surface area contributed by atoms with Gasteiger partial charge in [-0.05, 0) is 38.5 Å². The highest BCUT2D eigenvalue weighted by molar-refractivity contribution is 6.04. The summed E-state index contributed by atoms with van der Waals surface area (Å²) in [5.41, 5.74) is 1.86. The van der Waals surface area contributed by atoms with Crippen LogP contribution in [0, 0.1) is 18.8 Å². The van der Waals surface area contributed by atoms with Crippen LogP contribution in [0.2, 0.25) is 0 Å². The molecule has 0 aromatic carbocycles. The van der Waals surface area contributed by atoms with E-state index in [1.165, 1.54) is 19.3 Å². The Morgan fingerprint density at radius 3 is 3.05 bits per heavy atom. The minimum atomic E-state index is 0.0430. The summed E-state index contributed by atoms with van der Waals surface area (Å²) >= 11 is 0. The molecule has 4 rings (SSSR count). The second-order valence-electron chi connectivity index (χ2n) is 6.04. The van der Waals surface area contributed by atoms with E-state index in [1.54, 1.807) is 0 Å². The number of rotatable bonds is 1. The van der Waals surface area contributed by atoms with Crippen molar-refractivity contribution >= 4 is 17.4 Å². The van der Waals surface area contributed by atoms with E-state index in [0.29, 0.717) is 11.8 Å². The average molecular weight is 260 g/mol. The van der Waals surface area contributed by atoms with Crippen LogP contribution in [0.3, 0.4) is 0 Å². The molecular formula is C14H20N4O. The molecule has 2 aliphatic heterocycles. The summed E-state index contributed by atoms with van der Waals surface area (Å²) in [4.78, 5) is 14.8. The number of amides is 1. The molecule has 3 atom stereocenters. The highest BCUT2D eigenvalue weighted by Gasteiger charge is 2.51. The first-order chi connectivity index (χ1) is 9.20. The van der Waals surface area contributed by atoms with E-state index < -0.39 is 0 Å². The van der Waals surface area contributed by atoms with Crippen LogP contribution < -0.4 is 10.2 Å². The number of nitrogens with one attached hydrogen (secondary N) is 1. The summed E-state index contributed by atoms with van der Waals surface area (Å²) < 4.78 is 2.04. The number of carbonyl (C=O) groups excluding carboxylic acids is 1. The first kappa shape index (κ1) is 11.3. The molecule has 1 aliphatic carbocycles. The molecule has 102 valence electrons. The summed E-state index contributed by atoms with van der Waals surface area (Å²) in [5.74, 6) is 2.57. The Kier molecular flexibility index (Phi) is 2.23. The Labute approximate surface area is 113 Å². The van der Waals surface area contributed by atoms with Gasteiger partial charge in [0.05, 0.1) is 5.69 Å². The van der Waals surface area contributed by atoms with E-state index in [9.17, 15) is 4.79 Å². The van der Waals surface area contributed by atoms with Gasteiger partial charge in [0.15, 0.2) is 5.82 Å². The minimum Gasteiger partial charge on any atom is -0.342 e. The SMILES string of the molecule is CCn1nc(C)c2c1N1CC3CCCC3C1C(=O)N2. The smallest absolute Gasteiger partial charge is 0.247 e. The van der Waals surface area contributed by atoms with Crippen LogP contribution in [0.15, 0.2) is 0 Å². The van der Waals surface area contributed by atoms with Gasteiger partial charge in [0.1, 0.15) is 11.7 Å². The van der Waals surface area contributed by atoms with Crippen molar-refractivity contribution in [2.75, 3.05) is 16.8 Å². The predicted octanol–water partition coefficient (Wildman–Crippen LogP) is 1.77. The summed E-state index contributed by atoms with van der Waals surface area (Å²) in [5, 5.41) is 7.66. The van der Waals surface area contributed by atoms with Crippen molar-refractivity contribution in [2.45, 2.75) is 45.7 Å². The third-order valence-electron chi connectivity index (χ3n) is 5.08. The van der Waals surface area contributed by atoms with Crippen molar-refractivity contribution in [3.63, 3.8) is 0 Å². The Balaban J connectivity index is 1.83. The molecule has 0 radical (unpaired) electrons. The average Bonchev–Trinajstić information content (AvgIpc) is 3.02. The first-order valence-electron chi connectivity index (χ1n) is 7.35. The lowest BCUT2D eigenvalue weighted by atomic mass is 9.93. The molecule has 0 bridgehead atoms. The number of fused-ring (bicyclic) bond motifs is 5. The van der Waals surface area contributed by atoms with E-state index in [4.69, 9.17) is 0 Å². The van der Waals surface area contributed by atoms with Crippen molar-refractivity contribution < 1.29 is 4.79 Å². The molecular weight excluding hydrogens is 240 g/mol. The molecule has 5 heteroatoms. The van der Waals surface area contributed by atoms with Crippen LogP contribution in [-0.4, -0.2) is 28.3 Å². The van der Waals surface area contributed by atoms with E-state index in [1.807, 2.05) is 11.6 Å². The van der Waals surface area contributed by atoms with Gasteiger partial charge in [0.25, 0.3) is 0 Å². The molecule has 3 heterocycles. The fourth-order valence-corrected chi connectivity index (χ4v) is 4.28. The Hall–Kier alpha value is -1.52. The van der Waals surface area contributed by atoms with Gasteiger partial charge in [-0.15, -0.1) is 0 Å². The molecule has 2 fully saturated rings. The molecule has 1 saturated carbocycles. The topological polar surface area (TPSA) is 50.2 Å². The minimum absolute atomic E-state index is 0.0430. The van der Waals surface area contributed by atoms with E-state index in [0.717, 1.165) is 30.3 Å². The lowest BCUT2D eigenvalue weighted by Gasteiger charge is -2.33. The van der Waals surface area contributed by atoms with E-state index in [2.05, 4.69) is 22.2 Å². The van der Waals surface area contributed by atoms with Crippen LogP contribution in [0.4, 0.5) is 11.5 Å². The second-order valence-corrected chi connectivity index (χ2v) is 6.04. The standard InChI is InChI=1S/C14H20N4O/c1-3-18-14-11(8(2)16-18)15-13(19)12-10-6-4-5-9(10)7-17(12)14/h9-10,12H,3-7H2,1-2H3,(H,15,19). The monoisotopic (exact) mass is 260 g/mol. The Bertz CT molecular complexity index is 550. The van der Waals surface area contributed by atoms with Gasteiger partial charge in [0.2, 0.25) is 5.91 Å². The quantitative estimate of drug-likeness (QED) is 0.837. The molecule has 1 aromatic heterocycles. The number of nitrogens with zero attached hydrogens (tertiary/aromatic N) is 3. The number of aromatic nitrogens is 2. The zero-order chi connectivity index (χ0) is 13.1. The zero-order valence-corrected chi connectivity index (χ0v) is 11.5. The molecule has 1 N–H and O–H groups in total. The van der Waals surface area contributed by atoms with Gasteiger partial charge in [-0.25, -0.2) is 4.68 Å². The molecule has 3 unspecified atom stereocenters. The number of aryl methyl sites for hydroxylation is 2. The van der Waals surface area contributed by atoms with E-state index in [-0.39, 0.29) is 11.9 Å². The maximum atomic E-state index is 12.4. The van der Waals surface area contributed by atoms with Gasteiger partial charge in [-0.3, -0.25) is 4.79 Å². The molecule has 0 spiro atoms. The lowest BCUT2D eigenvalue weighted by molar-refractivity contribution is -0.118. The van der Waals surface area contributed by atoms with Crippen molar-refractivity contribution in [1.82, 2.24) is 9.78 Å². The number of hydrogen-bond acceptors (Lipinski definition) is 3. The van der Waals surface area contributed by atoms with Gasteiger partial charge in [-0.2, -0.15) is 5.10 Å². The molecule has 19 heavy (non-hydrogen) atoms. The van der Waals surface area contributed by atoms with Gasteiger partial charge in [-0.1, -0.05) is 6.42 Å². The number of carbonyl (C=O) groups is 1. The van der Waals surface area contributed by atoms with Crippen molar-refractivity contribution in [1.29, 1.82) is 0 Å². The van der Waals surface area contributed by atoms with Crippen LogP contribution in [-0.2, 0) is 11.3 Å². The molecule has 5 nitrogen and oxygen atoms in total. The van der Waals surface area contributed by atoms with E-state index >= 15 is 0 Å². The van der Waals surface area contributed by atoms with Gasteiger partial charge >= 0.3 is 0 Å². The van der Waals surface area contributed by atoms with Crippen LogP contribution in [0.1, 0.15) is 31.9 Å². The van der Waals surface area contributed by atoms with Gasteiger partial charge in [0, 0.05) is 13.1 Å². The molecule has 3 aliphatic rings. The molecule has 1 saturated heterocycles. The summed E-state index contributed by atoms with van der Waals surface area (Å²) in [6, 6.07) is 0.0430. The summed E-state index contributed by atoms with van der Waals surface area (Å²) in [7, 11) is 0. The maximum Gasteiger partial charge on any atom is 0.247 e. The predicted molar refractivity (Wildman–Crippen MR) is 73.2 cm³/mol. The fraction of sp³-hybridized carbons (Fsp3) is 0.714. The Morgan fingerprint density at radius 2 is 2.26 bits per heavy atom. The lowest BCUT2D eigenvalue weighted by Crippen LogP contribution is -2.47. The van der Waals surface area contributed by atoms with Crippen LogP contribution in [0.25, 0.3) is 0 Å². The van der Waals surface area contributed by atoms with Crippen LogP contribution in [0.5, 0.6) is 0 Å². The normalized spacial score (nSPS) is 32.0. The summed E-state index contributed by atoms with van der Waals surface area (Å²) in [6.07, 6.45) is 3.76. The maximum absolute atomic E-state index is 12.4. The highest BCUT2D eigenvalue weighted by atomic mass is 16.2. The van der Waals surface area contributed by atoms with Crippen molar-refractivity contribution in [3.8, 4) is 0 Å². The zero-order valence-electron chi connectivity index (χ0n) is 11.5.